The van der Waals surface area contributed by atoms with E-state index in [0.29, 0.717) is 18.9 Å². The largest absolute Gasteiger partial charge is 0.444 e. The molecule has 0 saturated carbocycles. The van der Waals surface area contributed by atoms with Gasteiger partial charge in [0.05, 0.1) is 0 Å². The van der Waals surface area contributed by atoms with E-state index < -0.39 is 5.60 Å². The number of ether oxygens (including phenoxy) is 1. The number of carbonyl (C=O) groups excluding carboxylic acids is 2. The summed E-state index contributed by atoms with van der Waals surface area (Å²) < 4.78 is 5.43. The van der Waals surface area contributed by atoms with E-state index in [-0.39, 0.29) is 16.8 Å². The second-order valence-corrected chi connectivity index (χ2v) is 8.33. The molecular weight excluding hydrogens is 336 g/mol. The van der Waals surface area contributed by atoms with Crippen LogP contribution in [-0.2, 0) is 9.53 Å². The average Bonchev–Trinajstić information content (AvgIpc) is 2.66. The molecule has 0 bridgehead atoms. The number of amides is 2. The highest BCUT2D eigenvalue weighted by atomic mass is 79.9. The summed E-state index contributed by atoms with van der Waals surface area (Å²) in [4.78, 5) is 28.0. The van der Waals surface area contributed by atoms with Gasteiger partial charge in [-0.2, -0.15) is 0 Å². The van der Waals surface area contributed by atoms with Gasteiger partial charge < -0.3 is 14.5 Å². The predicted molar refractivity (Wildman–Crippen MR) is 84.4 cm³/mol. The second kappa shape index (κ2) is 6.55. The Labute approximate surface area is 135 Å². The highest BCUT2D eigenvalue weighted by molar-refractivity contribution is 9.09. The van der Waals surface area contributed by atoms with Crippen LogP contribution in [0.4, 0.5) is 4.79 Å². The van der Waals surface area contributed by atoms with Gasteiger partial charge in [-0.1, -0.05) is 15.9 Å². The molecule has 0 aliphatic carbocycles. The Morgan fingerprint density at radius 3 is 2.67 bits per heavy atom. The van der Waals surface area contributed by atoms with Crippen molar-refractivity contribution in [2.75, 3.05) is 26.2 Å². The summed E-state index contributed by atoms with van der Waals surface area (Å²) in [5, 5.41) is 0. The van der Waals surface area contributed by atoms with Gasteiger partial charge in [-0.05, 0) is 39.5 Å². The van der Waals surface area contributed by atoms with E-state index in [1.165, 1.54) is 0 Å². The molecule has 5 nitrogen and oxygen atoms in total. The SMILES string of the molecule is CC(C)(C)OC(=O)N1CCCC(CN2CC(Br)CC2=O)C1. The maximum Gasteiger partial charge on any atom is 0.410 e. The molecular formula is C15H25BrN2O3. The summed E-state index contributed by atoms with van der Waals surface area (Å²) in [6.45, 7) is 8.61. The summed E-state index contributed by atoms with van der Waals surface area (Å²) in [5.74, 6) is 0.569. The molecule has 6 heteroatoms. The zero-order valence-corrected chi connectivity index (χ0v) is 14.7. The highest BCUT2D eigenvalue weighted by Crippen LogP contribution is 2.24. The molecule has 2 aliphatic rings. The fraction of sp³-hybridized carbons (Fsp3) is 0.867. The summed E-state index contributed by atoms with van der Waals surface area (Å²) >= 11 is 3.50. The van der Waals surface area contributed by atoms with Crippen molar-refractivity contribution in [1.29, 1.82) is 0 Å². The molecule has 2 heterocycles. The van der Waals surface area contributed by atoms with Crippen LogP contribution in [0.5, 0.6) is 0 Å². The molecule has 2 aliphatic heterocycles. The van der Waals surface area contributed by atoms with Gasteiger partial charge in [0.2, 0.25) is 5.91 Å². The number of nitrogens with zero attached hydrogens (tertiary/aromatic N) is 2. The van der Waals surface area contributed by atoms with Crippen LogP contribution >= 0.6 is 15.9 Å². The lowest BCUT2D eigenvalue weighted by atomic mass is 9.98. The fourth-order valence-electron chi connectivity index (χ4n) is 2.92. The Hall–Kier alpha value is -0.780. The van der Waals surface area contributed by atoms with Crippen molar-refractivity contribution in [3.8, 4) is 0 Å². The smallest absolute Gasteiger partial charge is 0.410 e. The Balaban J connectivity index is 1.86. The first-order chi connectivity index (χ1) is 9.74. The number of halogens is 1. The van der Waals surface area contributed by atoms with E-state index in [1.807, 2.05) is 25.7 Å². The highest BCUT2D eigenvalue weighted by Gasteiger charge is 2.32. The molecule has 2 saturated heterocycles. The third-order valence-electron chi connectivity index (χ3n) is 3.82. The summed E-state index contributed by atoms with van der Waals surface area (Å²) in [7, 11) is 0. The molecule has 21 heavy (non-hydrogen) atoms. The second-order valence-electron chi connectivity index (χ2n) is 7.03. The normalized spacial score (nSPS) is 27.1. The van der Waals surface area contributed by atoms with E-state index in [1.54, 1.807) is 4.90 Å². The van der Waals surface area contributed by atoms with Crippen molar-refractivity contribution < 1.29 is 14.3 Å². The van der Waals surface area contributed by atoms with Crippen LogP contribution in [0.1, 0.15) is 40.0 Å². The molecule has 2 amide bonds. The average molecular weight is 361 g/mol. The number of hydrogen-bond acceptors (Lipinski definition) is 3. The third-order valence-corrected chi connectivity index (χ3v) is 4.43. The minimum atomic E-state index is -0.460. The predicted octanol–water partition coefficient (Wildman–Crippen LogP) is 2.63. The Morgan fingerprint density at radius 1 is 1.38 bits per heavy atom. The molecule has 2 unspecified atom stereocenters. The zero-order chi connectivity index (χ0) is 15.6. The summed E-state index contributed by atoms with van der Waals surface area (Å²) in [6, 6.07) is 0. The summed E-state index contributed by atoms with van der Waals surface area (Å²) in [6.07, 6.45) is 2.39. The lowest BCUT2D eigenvalue weighted by Crippen LogP contribution is -2.45. The quantitative estimate of drug-likeness (QED) is 0.711. The van der Waals surface area contributed by atoms with Gasteiger partial charge in [0.1, 0.15) is 5.60 Å². The third kappa shape index (κ3) is 4.87. The monoisotopic (exact) mass is 360 g/mol. The summed E-state index contributed by atoms with van der Waals surface area (Å²) in [5.41, 5.74) is -0.460. The number of likely N-dealkylation sites (tertiary alicyclic amines) is 2. The molecule has 0 spiro atoms. The lowest BCUT2D eigenvalue weighted by Gasteiger charge is -2.35. The number of carbonyl (C=O) groups is 2. The van der Waals surface area contributed by atoms with E-state index in [2.05, 4.69) is 15.9 Å². The van der Waals surface area contributed by atoms with E-state index in [0.717, 1.165) is 32.5 Å². The first kappa shape index (κ1) is 16.6. The molecule has 2 rings (SSSR count). The van der Waals surface area contributed by atoms with Gasteiger partial charge in [0, 0.05) is 37.4 Å². The number of piperidine rings is 1. The zero-order valence-electron chi connectivity index (χ0n) is 13.1. The van der Waals surface area contributed by atoms with E-state index >= 15 is 0 Å². The van der Waals surface area contributed by atoms with Gasteiger partial charge >= 0.3 is 6.09 Å². The Kier molecular flexibility index (Phi) is 5.17. The van der Waals surface area contributed by atoms with Gasteiger partial charge in [-0.25, -0.2) is 4.79 Å². The number of alkyl halides is 1. The lowest BCUT2D eigenvalue weighted by molar-refractivity contribution is -0.128. The molecule has 0 radical (unpaired) electrons. The maximum absolute atomic E-state index is 12.1. The van der Waals surface area contributed by atoms with Crippen molar-refractivity contribution in [3.63, 3.8) is 0 Å². The molecule has 0 aromatic carbocycles. The molecule has 2 atom stereocenters. The van der Waals surface area contributed by atoms with Gasteiger partial charge in [-0.3, -0.25) is 4.79 Å². The molecule has 0 N–H and O–H groups in total. The Morgan fingerprint density at radius 2 is 2.10 bits per heavy atom. The number of hydrogen-bond donors (Lipinski definition) is 0. The van der Waals surface area contributed by atoms with Gasteiger partial charge in [0.25, 0.3) is 0 Å². The van der Waals surface area contributed by atoms with Crippen LogP contribution in [-0.4, -0.2) is 58.4 Å². The van der Waals surface area contributed by atoms with Crippen LogP contribution in [0.25, 0.3) is 0 Å². The van der Waals surface area contributed by atoms with Crippen molar-refractivity contribution in [2.45, 2.75) is 50.5 Å². The van der Waals surface area contributed by atoms with Crippen LogP contribution in [0.15, 0.2) is 0 Å². The topological polar surface area (TPSA) is 49.9 Å². The van der Waals surface area contributed by atoms with E-state index in [9.17, 15) is 9.59 Å². The van der Waals surface area contributed by atoms with Crippen LogP contribution in [0.3, 0.4) is 0 Å². The van der Waals surface area contributed by atoms with Crippen molar-refractivity contribution in [1.82, 2.24) is 9.80 Å². The van der Waals surface area contributed by atoms with E-state index in [4.69, 9.17) is 4.74 Å². The van der Waals surface area contributed by atoms with Crippen molar-refractivity contribution in [2.24, 2.45) is 5.92 Å². The van der Waals surface area contributed by atoms with Crippen molar-refractivity contribution in [3.05, 3.63) is 0 Å². The molecule has 0 aromatic heterocycles. The maximum atomic E-state index is 12.1. The van der Waals surface area contributed by atoms with Crippen LogP contribution in [0, 0.1) is 5.92 Å². The van der Waals surface area contributed by atoms with Crippen molar-refractivity contribution >= 4 is 27.9 Å². The van der Waals surface area contributed by atoms with Gasteiger partial charge in [0.15, 0.2) is 0 Å². The first-order valence-corrected chi connectivity index (χ1v) is 8.56. The Bertz CT molecular complexity index is 408. The fourth-order valence-corrected chi connectivity index (χ4v) is 3.54. The number of rotatable bonds is 2. The molecule has 120 valence electrons. The van der Waals surface area contributed by atoms with Crippen LogP contribution < -0.4 is 0 Å². The first-order valence-electron chi connectivity index (χ1n) is 7.64. The van der Waals surface area contributed by atoms with Crippen LogP contribution in [0.2, 0.25) is 0 Å². The molecule has 2 fully saturated rings. The molecule has 0 aromatic rings. The van der Waals surface area contributed by atoms with Gasteiger partial charge in [-0.15, -0.1) is 0 Å². The standard InChI is InChI=1S/C15H25BrN2O3/c1-15(2,3)21-14(20)17-6-4-5-11(8-17)9-18-10-12(16)7-13(18)19/h11-12H,4-10H2,1-3H3. The minimum Gasteiger partial charge on any atom is -0.444 e. The minimum absolute atomic E-state index is 0.214.